The lowest BCUT2D eigenvalue weighted by Crippen LogP contribution is -2.52. The van der Waals surface area contributed by atoms with E-state index >= 15 is 0 Å². The van der Waals surface area contributed by atoms with E-state index in [0.717, 1.165) is 36.1 Å². The number of ether oxygens (including phenoxy) is 1. The highest BCUT2D eigenvalue weighted by Crippen LogP contribution is 2.27. The Morgan fingerprint density at radius 3 is 2.33 bits per heavy atom. The Kier molecular flexibility index (Phi) is 9.81. The molecule has 1 N–H and O–H groups in total. The lowest BCUT2D eigenvalue weighted by molar-refractivity contribution is -0.142. The lowest BCUT2D eigenvalue weighted by atomic mass is 10.0. The van der Waals surface area contributed by atoms with Gasteiger partial charge in [-0.25, -0.2) is 9.59 Å². The van der Waals surface area contributed by atoms with Gasteiger partial charge in [-0.3, -0.25) is 4.79 Å². The minimum Gasteiger partial charge on any atom is -0.436 e. The molecule has 0 spiro atoms. The molecule has 2 aromatic carbocycles. The molecule has 0 radical (unpaired) electrons. The van der Waals surface area contributed by atoms with Crippen molar-refractivity contribution in [3.05, 3.63) is 63.6 Å². The van der Waals surface area contributed by atoms with E-state index in [1.165, 1.54) is 0 Å². The Balaban J connectivity index is 1.21. The fourth-order valence-electron chi connectivity index (χ4n) is 6.16. The molecule has 0 bridgehead atoms. The topological polar surface area (TPSA) is 85.4 Å². The van der Waals surface area contributed by atoms with Crippen LogP contribution in [0.1, 0.15) is 36.8 Å². The van der Waals surface area contributed by atoms with E-state index in [0.29, 0.717) is 61.7 Å². The average Bonchev–Trinajstić information content (AvgIpc) is 3.16. The minimum absolute atomic E-state index is 0.0231. The first-order chi connectivity index (χ1) is 20.2. The highest BCUT2D eigenvalue weighted by atomic mass is 35.5. The van der Waals surface area contributed by atoms with Crippen LogP contribution in [0.15, 0.2) is 42.5 Å². The predicted octanol–water partition coefficient (Wildman–Crippen LogP) is 5.15. The number of urea groups is 1. The summed E-state index contributed by atoms with van der Waals surface area (Å²) in [6, 6.07) is 13.4. The van der Waals surface area contributed by atoms with Gasteiger partial charge in [-0.05, 0) is 75.5 Å². The number of fused-ring (bicyclic) bond motifs is 1. The summed E-state index contributed by atoms with van der Waals surface area (Å²) >= 11 is 12.3. The summed E-state index contributed by atoms with van der Waals surface area (Å²) in [6.45, 7) is 2.75. The number of anilines is 1. The van der Waals surface area contributed by atoms with Crippen LogP contribution in [-0.4, -0.2) is 103 Å². The molecule has 0 aliphatic carbocycles. The summed E-state index contributed by atoms with van der Waals surface area (Å²) < 4.78 is 5.93. The van der Waals surface area contributed by atoms with Gasteiger partial charge in [0.1, 0.15) is 0 Å². The number of carbonyl (C=O) groups excluding carboxylic acids is 3. The molecule has 1 atom stereocenters. The molecular formula is C31H39Cl2N5O4. The van der Waals surface area contributed by atoms with Gasteiger partial charge >= 0.3 is 12.1 Å². The van der Waals surface area contributed by atoms with Crippen LogP contribution < -0.4 is 5.32 Å². The Bertz CT molecular complexity index is 1290. The lowest BCUT2D eigenvalue weighted by Gasteiger charge is -2.38. The van der Waals surface area contributed by atoms with Gasteiger partial charge in [0.2, 0.25) is 0 Å². The number of benzene rings is 2. The first-order valence-electron chi connectivity index (χ1n) is 14.7. The molecule has 2 fully saturated rings. The van der Waals surface area contributed by atoms with Gasteiger partial charge in [-0.1, -0.05) is 47.5 Å². The van der Waals surface area contributed by atoms with Crippen molar-refractivity contribution < 1.29 is 19.1 Å². The number of amides is 4. The zero-order valence-corrected chi connectivity index (χ0v) is 25.7. The van der Waals surface area contributed by atoms with E-state index in [1.807, 2.05) is 29.2 Å². The van der Waals surface area contributed by atoms with Gasteiger partial charge in [0.05, 0.1) is 10.0 Å². The van der Waals surface area contributed by atoms with Crippen LogP contribution in [0, 0.1) is 0 Å². The molecule has 3 aliphatic rings. The van der Waals surface area contributed by atoms with E-state index < -0.39 is 12.2 Å². The molecule has 11 heteroatoms. The number of para-hydroxylation sites is 1. The van der Waals surface area contributed by atoms with Crippen LogP contribution in [-0.2, 0) is 22.4 Å². The van der Waals surface area contributed by atoms with E-state index in [-0.39, 0.29) is 24.4 Å². The van der Waals surface area contributed by atoms with Crippen LogP contribution in [0.4, 0.5) is 15.3 Å². The van der Waals surface area contributed by atoms with E-state index in [2.05, 4.69) is 24.3 Å². The fourth-order valence-corrected chi connectivity index (χ4v) is 6.48. The third-order valence-electron chi connectivity index (χ3n) is 8.74. The first-order valence-corrected chi connectivity index (χ1v) is 15.5. The second kappa shape index (κ2) is 13.5. The summed E-state index contributed by atoms with van der Waals surface area (Å²) in [4.78, 5) is 47.6. The van der Waals surface area contributed by atoms with E-state index in [1.54, 1.807) is 28.0 Å². The van der Waals surface area contributed by atoms with Crippen molar-refractivity contribution in [1.82, 2.24) is 19.6 Å². The standard InChI is InChI=1S/C31H39Cl2N5O4/c1-35(2)23-10-14-36(15-11-23)29(39)28(20-21-7-8-25(32)26(33)19-21)42-31(41)37-16-12-24(13-17-37)38-18-9-22-5-3-4-6-27(22)34-30(38)40/h3-8,19,23-24,28H,9-18,20H2,1-2H3,(H,34,40). The molecule has 226 valence electrons. The van der Waals surface area contributed by atoms with Crippen molar-refractivity contribution in [2.24, 2.45) is 0 Å². The number of nitrogens with zero attached hydrogens (tertiary/aromatic N) is 4. The van der Waals surface area contributed by atoms with E-state index in [9.17, 15) is 14.4 Å². The predicted molar refractivity (Wildman–Crippen MR) is 164 cm³/mol. The van der Waals surface area contributed by atoms with Gasteiger partial charge in [-0.2, -0.15) is 0 Å². The van der Waals surface area contributed by atoms with Crippen molar-refractivity contribution in [1.29, 1.82) is 0 Å². The molecule has 9 nitrogen and oxygen atoms in total. The molecule has 4 amide bonds. The third kappa shape index (κ3) is 7.13. The summed E-state index contributed by atoms with van der Waals surface area (Å²) in [6.07, 6.45) is 2.52. The second-order valence-corrected chi connectivity index (χ2v) is 12.4. The van der Waals surface area contributed by atoms with Gasteiger partial charge in [0, 0.05) is 56.9 Å². The maximum Gasteiger partial charge on any atom is 0.410 e. The van der Waals surface area contributed by atoms with Gasteiger partial charge in [-0.15, -0.1) is 0 Å². The monoisotopic (exact) mass is 615 g/mol. The minimum atomic E-state index is -0.974. The molecule has 1 unspecified atom stereocenters. The van der Waals surface area contributed by atoms with Gasteiger partial charge in [0.15, 0.2) is 6.10 Å². The molecule has 3 aliphatic heterocycles. The normalized spacial score (nSPS) is 19.3. The molecule has 0 aromatic heterocycles. The largest absolute Gasteiger partial charge is 0.436 e. The highest BCUT2D eigenvalue weighted by Gasteiger charge is 2.35. The average molecular weight is 617 g/mol. The smallest absolute Gasteiger partial charge is 0.410 e. The second-order valence-electron chi connectivity index (χ2n) is 11.6. The SMILES string of the molecule is CN(C)C1CCN(C(=O)C(Cc2ccc(Cl)c(Cl)c2)OC(=O)N2CCC(N3CCc4ccccc4NC3=O)CC2)CC1. The highest BCUT2D eigenvalue weighted by molar-refractivity contribution is 6.42. The van der Waals surface area contributed by atoms with Gasteiger partial charge in [0.25, 0.3) is 5.91 Å². The van der Waals surface area contributed by atoms with Crippen molar-refractivity contribution >= 4 is 46.9 Å². The fraction of sp³-hybridized carbons (Fsp3) is 0.516. The summed E-state index contributed by atoms with van der Waals surface area (Å²) in [5, 5.41) is 3.85. The number of rotatable bonds is 6. The van der Waals surface area contributed by atoms with Crippen LogP contribution in [0.5, 0.6) is 0 Å². The zero-order valence-electron chi connectivity index (χ0n) is 24.2. The third-order valence-corrected chi connectivity index (χ3v) is 9.47. The molecule has 42 heavy (non-hydrogen) atoms. The first kappa shape index (κ1) is 30.4. The Labute approximate surface area is 257 Å². The van der Waals surface area contributed by atoms with E-state index in [4.69, 9.17) is 27.9 Å². The Morgan fingerprint density at radius 1 is 0.952 bits per heavy atom. The van der Waals surface area contributed by atoms with Crippen molar-refractivity contribution in [2.45, 2.75) is 56.7 Å². The quantitative estimate of drug-likeness (QED) is 0.486. The molecule has 2 saturated heterocycles. The van der Waals surface area contributed by atoms with Gasteiger partial charge < -0.3 is 29.7 Å². The maximum absolute atomic E-state index is 13.7. The number of likely N-dealkylation sites (tertiary alicyclic amines) is 2. The number of carbonyl (C=O) groups is 3. The number of nitrogens with one attached hydrogen (secondary N) is 1. The molecular weight excluding hydrogens is 577 g/mol. The number of piperidine rings is 2. The van der Waals surface area contributed by atoms with Crippen LogP contribution in [0.25, 0.3) is 0 Å². The molecule has 3 heterocycles. The van der Waals surface area contributed by atoms with Crippen LogP contribution >= 0.6 is 23.2 Å². The summed E-state index contributed by atoms with van der Waals surface area (Å²) in [5.41, 5.74) is 2.75. The van der Waals surface area contributed by atoms with Crippen molar-refractivity contribution in [3.63, 3.8) is 0 Å². The molecule has 2 aromatic rings. The summed E-state index contributed by atoms with van der Waals surface area (Å²) in [7, 11) is 4.11. The van der Waals surface area contributed by atoms with Crippen molar-refractivity contribution in [2.75, 3.05) is 52.1 Å². The van der Waals surface area contributed by atoms with Crippen LogP contribution in [0.2, 0.25) is 10.0 Å². The Hall–Kier alpha value is -3.01. The number of halogens is 2. The summed E-state index contributed by atoms with van der Waals surface area (Å²) in [5.74, 6) is -0.192. The maximum atomic E-state index is 13.7. The van der Waals surface area contributed by atoms with Crippen LogP contribution in [0.3, 0.4) is 0 Å². The van der Waals surface area contributed by atoms with Crippen molar-refractivity contribution in [3.8, 4) is 0 Å². The number of hydrogen-bond acceptors (Lipinski definition) is 5. The Morgan fingerprint density at radius 2 is 1.64 bits per heavy atom. The molecule has 5 rings (SSSR count). The number of hydrogen-bond donors (Lipinski definition) is 1. The zero-order chi connectivity index (χ0) is 29.8. The molecule has 0 saturated carbocycles.